The molecule has 1 aromatic carbocycles. The molecule has 2 heterocycles. The summed E-state index contributed by atoms with van der Waals surface area (Å²) in [6.07, 6.45) is -0.217. The third-order valence-electron chi connectivity index (χ3n) is 4.42. The molecule has 4 N–H and O–H groups in total. The second-order valence-electron chi connectivity index (χ2n) is 6.35. The van der Waals surface area contributed by atoms with Crippen molar-refractivity contribution in [1.82, 2.24) is 9.97 Å². The SMILES string of the molecule is C[NH2+]c1c(N(N)Cc2ccc(OC)cc2)nc(Cl)nc1N1CCC(F)(F)C1. The highest BCUT2D eigenvalue weighted by atomic mass is 35.5. The van der Waals surface area contributed by atoms with Crippen molar-refractivity contribution in [3.63, 3.8) is 0 Å². The van der Waals surface area contributed by atoms with Crippen LogP contribution in [0, 0.1) is 0 Å². The Morgan fingerprint density at radius 1 is 1.33 bits per heavy atom. The molecule has 1 aromatic heterocycles. The molecule has 0 atom stereocenters. The Hall–Kier alpha value is -2.23. The first-order valence-electron chi connectivity index (χ1n) is 8.48. The number of quaternary nitrogens is 1. The summed E-state index contributed by atoms with van der Waals surface area (Å²) < 4.78 is 32.4. The van der Waals surface area contributed by atoms with Crippen LogP contribution in [-0.2, 0) is 6.54 Å². The maximum atomic E-state index is 13.7. The summed E-state index contributed by atoms with van der Waals surface area (Å²) in [6.45, 7) is 0.154. The molecule has 0 aliphatic carbocycles. The fourth-order valence-electron chi connectivity index (χ4n) is 3.06. The van der Waals surface area contributed by atoms with Crippen molar-refractivity contribution >= 4 is 28.9 Å². The van der Waals surface area contributed by atoms with Crippen LogP contribution in [0.3, 0.4) is 0 Å². The number of methoxy groups -OCH3 is 1. The second kappa shape index (κ2) is 7.79. The van der Waals surface area contributed by atoms with Gasteiger partial charge in [-0.3, -0.25) is 5.01 Å². The largest absolute Gasteiger partial charge is 0.497 e. The number of nitrogens with zero attached hydrogens (tertiary/aromatic N) is 4. The van der Waals surface area contributed by atoms with Gasteiger partial charge in [0.25, 0.3) is 5.92 Å². The molecular formula is C17H22ClF2N6O+. The average molecular weight is 400 g/mol. The lowest BCUT2D eigenvalue weighted by Crippen LogP contribution is -2.73. The number of nitrogens with two attached hydrogens (primary N) is 2. The van der Waals surface area contributed by atoms with E-state index >= 15 is 0 Å². The molecule has 3 rings (SSSR count). The first-order chi connectivity index (χ1) is 12.8. The number of ether oxygens (including phenoxy) is 1. The van der Waals surface area contributed by atoms with Gasteiger partial charge in [0.2, 0.25) is 16.8 Å². The molecule has 146 valence electrons. The van der Waals surface area contributed by atoms with Crippen LogP contribution in [0.1, 0.15) is 12.0 Å². The van der Waals surface area contributed by atoms with Gasteiger partial charge >= 0.3 is 0 Å². The Morgan fingerprint density at radius 2 is 2.04 bits per heavy atom. The van der Waals surface area contributed by atoms with E-state index in [1.54, 1.807) is 19.5 Å². The summed E-state index contributed by atoms with van der Waals surface area (Å²) in [5.74, 6) is 4.99. The Balaban J connectivity index is 1.89. The summed E-state index contributed by atoms with van der Waals surface area (Å²) >= 11 is 6.07. The van der Waals surface area contributed by atoms with Crippen LogP contribution in [0.25, 0.3) is 0 Å². The highest BCUT2D eigenvalue weighted by Crippen LogP contribution is 2.36. The van der Waals surface area contributed by atoms with E-state index in [0.717, 1.165) is 11.3 Å². The Morgan fingerprint density at radius 3 is 2.59 bits per heavy atom. The summed E-state index contributed by atoms with van der Waals surface area (Å²) in [6, 6.07) is 7.44. The number of aromatic nitrogens is 2. The molecular weight excluding hydrogens is 378 g/mol. The van der Waals surface area contributed by atoms with Crippen LogP contribution < -0.4 is 25.8 Å². The fourth-order valence-corrected chi connectivity index (χ4v) is 3.22. The van der Waals surface area contributed by atoms with E-state index in [0.29, 0.717) is 23.9 Å². The van der Waals surface area contributed by atoms with Gasteiger partial charge in [0.05, 0.1) is 27.2 Å². The monoisotopic (exact) mass is 399 g/mol. The Bertz CT molecular complexity index is 805. The number of benzene rings is 1. The quantitative estimate of drug-likeness (QED) is 0.437. The van der Waals surface area contributed by atoms with Gasteiger partial charge in [0.1, 0.15) is 5.75 Å². The van der Waals surface area contributed by atoms with Crippen molar-refractivity contribution in [3.05, 3.63) is 35.1 Å². The third-order valence-corrected chi connectivity index (χ3v) is 4.59. The predicted molar refractivity (Wildman–Crippen MR) is 99.7 cm³/mol. The smallest absolute Gasteiger partial charge is 0.266 e. The maximum Gasteiger partial charge on any atom is 0.266 e. The standard InChI is InChI=1S/C17H21ClF2N6O/c1-22-13-14(25-8-7-17(19,20)10-25)23-16(18)24-15(13)26(21)9-11-3-5-12(27-2)6-4-11/h3-6,22H,7-10,21H2,1-2H3/p+1. The van der Waals surface area contributed by atoms with Crippen molar-refractivity contribution in [1.29, 1.82) is 0 Å². The lowest BCUT2D eigenvalue weighted by atomic mass is 10.2. The zero-order valence-electron chi connectivity index (χ0n) is 15.1. The molecule has 1 saturated heterocycles. The molecule has 0 unspecified atom stereocenters. The molecule has 27 heavy (non-hydrogen) atoms. The minimum Gasteiger partial charge on any atom is -0.497 e. The van der Waals surface area contributed by atoms with Crippen LogP contribution in [0.15, 0.2) is 24.3 Å². The highest BCUT2D eigenvalue weighted by molar-refractivity contribution is 6.28. The van der Waals surface area contributed by atoms with E-state index in [9.17, 15) is 8.78 Å². The Kier molecular flexibility index (Phi) is 5.64. The van der Waals surface area contributed by atoms with Crippen LogP contribution in [-0.4, -0.2) is 43.1 Å². The lowest BCUT2D eigenvalue weighted by Gasteiger charge is -2.23. The van der Waals surface area contributed by atoms with Gasteiger partial charge in [-0.1, -0.05) is 12.1 Å². The highest BCUT2D eigenvalue weighted by Gasteiger charge is 2.40. The minimum atomic E-state index is -2.74. The van der Waals surface area contributed by atoms with Crippen molar-refractivity contribution in [2.75, 3.05) is 37.2 Å². The molecule has 1 aliphatic heterocycles. The van der Waals surface area contributed by atoms with Gasteiger partial charge in [0, 0.05) is 13.0 Å². The van der Waals surface area contributed by atoms with Crippen molar-refractivity contribution in [2.24, 2.45) is 5.84 Å². The van der Waals surface area contributed by atoms with Gasteiger partial charge in [-0.15, -0.1) is 0 Å². The van der Waals surface area contributed by atoms with E-state index in [4.69, 9.17) is 22.2 Å². The number of alkyl halides is 2. The number of rotatable bonds is 6. The fraction of sp³-hybridized carbons (Fsp3) is 0.412. The normalized spacial score (nSPS) is 15.9. The zero-order valence-corrected chi connectivity index (χ0v) is 15.9. The number of hydrogen-bond acceptors (Lipinski definition) is 6. The van der Waals surface area contributed by atoms with Crippen LogP contribution in [0.5, 0.6) is 5.75 Å². The van der Waals surface area contributed by atoms with Gasteiger partial charge in [0.15, 0.2) is 5.82 Å². The lowest BCUT2D eigenvalue weighted by molar-refractivity contribution is -0.538. The number of halogens is 3. The molecule has 7 nitrogen and oxygen atoms in total. The molecule has 0 spiro atoms. The molecule has 1 fully saturated rings. The van der Waals surface area contributed by atoms with E-state index in [2.05, 4.69) is 9.97 Å². The van der Waals surface area contributed by atoms with Crippen molar-refractivity contribution < 1.29 is 18.8 Å². The maximum absolute atomic E-state index is 13.7. The average Bonchev–Trinajstić information content (AvgIpc) is 3.01. The van der Waals surface area contributed by atoms with Gasteiger partial charge in [-0.05, 0) is 29.3 Å². The zero-order chi connectivity index (χ0) is 19.6. The second-order valence-corrected chi connectivity index (χ2v) is 6.68. The third kappa shape index (κ3) is 4.37. The minimum absolute atomic E-state index is 0.0361. The summed E-state index contributed by atoms with van der Waals surface area (Å²) in [4.78, 5) is 9.93. The van der Waals surface area contributed by atoms with Crippen molar-refractivity contribution in [3.8, 4) is 5.75 Å². The number of anilines is 2. The molecule has 0 bridgehead atoms. The van der Waals surface area contributed by atoms with E-state index in [1.807, 2.05) is 24.3 Å². The van der Waals surface area contributed by atoms with Crippen LogP contribution in [0.2, 0.25) is 5.28 Å². The first-order valence-corrected chi connectivity index (χ1v) is 8.85. The summed E-state index contributed by atoms with van der Waals surface area (Å²) in [7, 11) is 3.38. The summed E-state index contributed by atoms with van der Waals surface area (Å²) in [5, 5.41) is 3.15. The van der Waals surface area contributed by atoms with E-state index in [1.165, 1.54) is 9.91 Å². The van der Waals surface area contributed by atoms with Gasteiger partial charge < -0.3 is 15.0 Å². The van der Waals surface area contributed by atoms with Crippen molar-refractivity contribution in [2.45, 2.75) is 18.9 Å². The number of hydrogen-bond donors (Lipinski definition) is 2. The van der Waals surface area contributed by atoms with Gasteiger partial charge in [-0.2, -0.15) is 9.97 Å². The molecule has 10 heteroatoms. The first kappa shape index (κ1) is 19.5. The molecule has 0 amide bonds. The summed E-state index contributed by atoms with van der Waals surface area (Å²) in [5.41, 5.74) is 1.51. The van der Waals surface area contributed by atoms with E-state index < -0.39 is 12.5 Å². The van der Waals surface area contributed by atoms with Gasteiger partial charge in [-0.25, -0.2) is 14.6 Å². The predicted octanol–water partition coefficient (Wildman–Crippen LogP) is 1.69. The molecule has 1 aliphatic rings. The van der Waals surface area contributed by atoms with Crippen LogP contribution in [0.4, 0.5) is 26.1 Å². The van der Waals surface area contributed by atoms with Crippen LogP contribution >= 0.6 is 11.6 Å². The Labute approximate surface area is 161 Å². The molecule has 0 radical (unpaired) electrons. The molecule has 2 aromatic rings. The van der Waals surface area contributed by atoms with E-state index in [-0.39, 0.29) is 18.2 Å². The number of hydrazine groups is 1. The topological polar surface area (TPSA) is 84.1 Å². The molecule has 0 saturated carbocycles.